The van der Waals surface area contributed by atoms with Gasteiger partial charge in [0.1, 0.15) is 5.84 Å². The molecule has 6 nitrogen and oxygen atoms in total. The van der Waals surface area contributed by atoms with E-state index in [9.17, 15) is 9.59 Å². The smallest absolute Gasteiger partial charge is 0.306 e. The van der Waals surface area contributed by atoms with Crippen LogP contribution in [0.4, 0.5) is 0 Å². The average Bonchev–Trinajstić information content (AvgIpc) is 2.99. The number of hydrazine groups is 1. The van der Waals surface area contributed by atoms with Crippen molar-refractivity contribution in [2.75, 3.05) is 18.1 Å². The molecule has 0 rings (SSSR count). The highest BCUT2D eigenvalue weighted by Crippen LogP contribution is 2.13. The van der Waals surface area contributed by atoms with Crippen molar-refractivity contribution in [2.24, 2.45) is 0 Å². The molecule has 3 N–H and O–H groups in total. The predicted molar refractivity (Wildman–Crippen MR) is 183 cm³/mol. The van der Waals surface area contributed by atoms with Gasteiger partial charge in [0.2, 0.25) is 5.91 Å². The Bertz CT molecular complexity index is 618. The van der Waals surface area contributed by atoms with Crippen LogP contribution in [0.3, 0.4) is 0 Å². The summed E-state index contributed by atoms with van der Waals surface area (Å²) in [5, 5.41) is 7.98. The third kappa shape index (κ3) is 33.3. The van der Waals surface area contributed by atoms with Crippen LogP contribution >= 0.6 is 11.8 Å². The summed E-state index contributed by atoms with van der Waals surface area (Å²) < 4.78 is 5.35. The van der Waals surface area contributed by atoms with E-state index in [4.69, 9.17) is 10.1 Å². The van der Waals surface area contributed by atoms with Gasteiger partial charge < -0.3 is 4.74 Å². The van der Waals surface area contributed by atoms with Gasteiger partial charge in [-0.15, -0.1) is 0 Å². The Hall–Kier alpha value is -1.24. The van der Waals surface area contributed by atoms with E-state index in [1.165, 1.54) is 122 Å². The summed E-state index contributed by atoms with van der Waals surface area (Å²) in [6.07, 6.45) is 32.1. The third-order valence-electron chi connectivity index (χ3n) is 7.79. The van der Waals surface area contributed by atoms with Crippen molar-refractivity contribution in [2.45, 2.75) is 187 Å². The van der Waals surface area contributed by atoms with Gasteiger partial charge in [0.25, 0.3) is 0 Å². The highest BCUT2D eigenvalue weighted by molar-refractivity contribution is 7.99. The summed E-state index contributed by atoms with van der Waals surface area (Å²) in [4.78, 5) is 23.9. The van der Waals surface area contributed by atoms with E-state index < -0.39 is 0 Å². The van der Waals surface area contributed by atoms with E-state index in [1.807, 2.05) is 0 Å². The molecule has 0 aromatic carbocycles. The molecular weight excluding hydrogens is 542 g/mol. The molecule has 0 aliphatic rings. The first-order valence-electron chi connectivity index (χ1n) is 18.0. The first-order valence-corrected chi connectivity index (χ1v) is 19.1. The predicted octanol–water partition coefficient (Wildman–Crippen LogP) is 10.4. The summed E-state index contributed by atoms with van der Waals surface area (Å²) in [7, 11) is 0. The topological polar surface area (TPSA) is 91.3 Å². The standard InChI is InChI=1S/C35H69N3O3S/c1-3-5-7-9-11-13-15-16-17-18-20-22-24-28-34(39)38-37-33(36)27-26-31-42-32-29-35(40)41-30-25-23-21-19-14-12-10-8-6-4-2/h3-32H2,1-2H3,(H2,36,37)(H,38,39). The minimum atomic E-state index is -0.0981. The summed E-state index contributed by atoms with van der Waals surface area (Å²) in [5.41, 5.74) is 5.40. The highest BCUT2D eigenvalue weighted by atomic mass is 32.2. The molecule has 0 spiro atoms. The Kier molecular flexibility index (Phi) is 33.2. The molecule has 0 heterocycles. The zero-order valence-electron chi connectivity index (χ0n) is 27.8. The second-order valence-electron chi connectivity index (χ2n) is 12.0. The van der Waals surface area contributed by atoms with E-state index in [0.29, 0.717) is 31.7 Å². The Labute approximate surface area is 264 Å². The van der Waals surface area contributed by atoms with Crippen LogP contribution in [0.5, 0.6) is 0 Å². The molecule has 0 bridgehead atoms. The van der Waals surface area contributed by atoms with Crippen molar-refractivity contribution in [3.8, 4) is 0 Å². The van der Waals surface area contributed by atoms with Gasteiger partial charge in [-0.05, 0) is 25.0 Å². The molecule has 0 atom stereocenters. The highest BCUT2D eigenvalue weighted by Gasteiger charge is 2.05. The van der Waals surface area contributed by atoms with Gasteiger partial charge in [0.15, 0.2) is 0 Å². The van der Waals surface area contributed by atoms with E-state index in [1.54, 1.807) is 11.8 Å². The van der Waals surface area contributed by atoms with Gasteiger partial charge in [-0.3, -0.25) is 25.8 Å². The van der Waals surface area contributed by atoms with Crippen LogP contribution in [-0.4, -0.2) is 35.8 Å². The van der Waals surface area contributed by atoms with Crippen LogP contribution in [0.1, 0.15) is 187 Å². The molecule has 7 heteroatoms. The molecular formula is C35H69N3O3S. The number of carbonyl (C=O) groups is 2. The summed E-state index contributed by atoms with van der Waals surface area (Å²) in [6, 6.07) is 0. The van der Waals surface area contributed by atoms with Crippen molar-refractivity contribution in [1.82, 2.24) is 10.9 Å². The molecule has 0 radical (unpaired) electrons. The number of rotatable bonds is 32. The van der Waals surface area contributed by atoms with E-state index in [2.05, 4.69) is 24.7 Å². The summed E-state index contributed by atoms with van der Waals surface area (Å²) in [6.45, 7) is 5.07. The third-order valence-corrected chi connectivity index (χ3v) is 8.86. The number of amides is 1. The maximum atomic E-state index is 12.0. The Morgan fingerprint density at radius 3 is 1.48 bits per heavy atom. The second kappa shape index (κ2) is 34.3. The van der Waals surface area contributed by atoms with Crippen LogP contribution in [0, 0.1) is 5.41 Å². The first-order chi connectivity index (χ1) is 20.6. The molecule has 0 saturated heterocycles. The number of carbonyl (C=O) groups excluding carboxylic acids is 2. The quantitative estimate of drug-likeness (QED) is 0.0231. The largest absolute Gasteiger partial charge is 0.466 e. The SMILES string of the molecule is CCCCCCCCCCCCCCCC(=O)NNC(=N)CCCSCCC(=O)OCCCCCCCCCCCC. The Balaban J connectivity index is 3.37. The average molecular weight is 612 g/mol. The van der Waals surface area contributed by atoms with E-state index >= 15 is 0 Å². The fourth-order valence-electron chi connectivity index (χ4n) is 5.03. The van der Waals surface area contributed by atoms with Gasteiger partial charge in [-0.2, -0.15) is 11.8 Å². The molecule has 42 heavy (non-hydrogen) atoms. The van der Waals surface area contributed by atoms with Crippen LogP contribution < -0.4 is 10.9 Å². The lowest BCUT2D eigenvalue weighted by atomic mass is 10.0. The number of unbranched alkanes of at least 4 members (excludes halogenated alkanes) is 21. The lowest BCUT2D eigenvalue weighted by Crippen LogP contribution is -2.41. The van der Waals surface area contributed by atoms with Gasteiger partial charge in [0.05, 0.1) is 13.0 Å². The number of nitrogens with one attached hydrogen (secondary N) is 3. The van der Waals surface area contributed by atoms with Crippen molar-refractivity contribution in [3.05, 3.63) is 0 Å². The molecule has 0 aromatic rings. The molecule has 0 unspecified atom stereocenters. The van der Waals surface area contributed by atoms with Gasteiger partial charge in [-0.1, -0.05) is 149 Å². The molecule has 248 valence electrons. The monoisotopic (exact) mass is 612 g/mol. The number of ether oxygens (including phenoxy) is 1. The van der Waals surface area contributed by atoms with Gasteiger partial charge >= 0.3 is 5.97 Å². The molecule has 0 saturated carbocycles. The number of esters is 1. The Morgan fingerprint density at radius 1 is 0.524 bits per heavy atom. The maximum Gasteiger partial charge on any atom is 0.306 e. The minimum Gasteiger partial charge on any atom is -0.466 e. The lowest BCUT2D eigenvalue weighted by molar-refractivity contribution is -0.143. The summed E-state index contributed by atoms with van der Waals surface area (Å²) >= 11 is 1.72. The zero-order chi connectivity index (χ0) is 30.8. The maximum absolute atomic E-state index is 12.0. The van der Waals surface area contributed by atoms with Crippen LogP contribution in [0.2, 0.25) is 0 Å². The van der Waals surface area contributed by atoms with Crippen LogP contribution in [-0.2, 0) is 14.3 Å². The second-order valence-corrected chi connectivity index (χ2v) is 13.2. The normalized spacial score (nSPS) is 11.0. The fraction of sp³-hybridized carbons (Fsp3) is 0.914. The van der Waals surface area contributed by atoms with Crippen molar-refractivity contribution >= 4 is 29.5 Å². The molecule has 0 fully saturated rings. The first kappa shape index (κ1) is 40.8. The number of amidine groups is 1. The zero-order valence-corrected chi connectivity index (χ0v) is 28.7. The molecule has 0 aromatic heterocycles. The van der Waals surface area contributed by atoms with Gasteiger partial charge in [0, 0.05) is 18.6 Å². The minimum absolute atomic E-state index is 0.0338. The van der Waals surface area contributed by atoms with Crippen LogP contribution in [0.25, 0.3) is 0 Å². The number of thioether (sulfide) groups is 1. The molecule has 1 amide bonds. The number of hydrogen-bond acceptors (Lipinski definition) is 5. The molecule has 0 aliphatic heterocycles. The van der Waals surface area contributed by atoms with E-state index in [0.717, 1.165) is 43.6 Å². The van der Waals surface area contributed by atoms with Crippen molar-refractivity contribution < 1.29 is 14.3 Å². The lowest BCUT2D eigenvalue weighted by Gasteiger charge is -2.09. The van der Waals surface area contributed by atoms with Gasteiger partial charge in [-0.25, -0.2) is 0 Å². The molecule has 0 aliphatic carbocycles. The fourth-order valence-corrected chi connectivity index (χ4v) is 5.89. The van der Waals surface area contributed by atoms with Crippen molar-refractivity contribution in [1.29, 1.82) is 5.41 Å². The number of hydrogen-bond donors (Lipinski definition) is 3. The Morgan fingerprint density at radius 2 is 0.976 bits per heavy atom. The van der Waals surface area contributed by atoms with E-state index in [-0.39, 0.29) is 11.9 Å². The summed E-state index contributed by atoms with van der Waals surface area (Å²) in [5.74, 6) is 1.86. The van der Waals surface area contributed by atoms with Crippen LogP contribution in [0.15, 0.2) is 0 Å². The van der Waals surface area contributed by atoms with Crippen molar-refractivity contribution in [3.63, 3.8) is 0 Å².